The van der Waals surface area contributed by atoms with Crippen LogP contribution in [0, 0.1) is 11.8 Å². The summed E-state index contributed by atoms with van der Waals surface area (Å²) in [5, 5.41) is 5.11. The zero-order valence-corrected chi connectivity index (χ0v) is 32.3. The van der Waals surface area contributed by atoms with Crippen LogP contribution in [0.2, 0.25) is 0 Å². The van der Waals surface area contributed by atoms with Crippen LogP contribution in [0.1, 0.15) is 79.1 Å². The van der Waals surface area contributed by atoms with Gasteiger partial charge in [0.05, 0.1) is 22.8 Å². The van der Waals surface area contributed by atoms with Gasteiger partial charge in [0.25, 0.3) is 0 Å². The zero-order chi connectivity index (χ0) is 37.0. The van der Waals surface area contributed by atoms with Crippen LogP contribution in [0.4, 0.5) is 0 Å². The number of rotatable bonds is 15. The highest BCUT2D eigenvalue weighted by Crippen LogP contribution is 2.36. The van der Waals surface area contributed by atoms with Gasteiger partial charge in [0.15, 0.2) is 0 Å². The lowest BCUT2D eigenvalue weighted by molar-refractivity contribution is 0.401. The lowest BCUT2D eigenvalue weighted by atomic mass is 9.99. The quantitative estimate of drug-likeness (QED) is 0.106. The fraction of sp³-hybridized carbons (Fsp3) is 0.333. The summed E-state index contributed by atoms with van der Waals surface area (Å²) < 4.78 is 5.08. The van der Waals surface area contributed by atoms with Gasteiger partial charge in [-0.3, -0.25) is 0 Å². The van der Waals surface area contributed by atoms with Crippen molar-refractivity contribution in [2.75, 3.05) is 0 Å². The molecule has 274 valence electrons. The van der Waals surface area contributed by atoms with E-state index in [2.05, 4.69) is 134 Å². The average molecular weight is 713 g/mol. The molecule has 4 heterocycles. The number of unbranched alkanes of at least 4 members (excludes halogenated alkanes) is 2. The number of benzene rings is 4. The van der Waals surface area contributed by atoms with Gasteiger partial charge in [0.2, 0.25) is 0 Å². The fourth-order valence-corrected chi connectivity index (χ4v) is 8.48. The summed E-state index contributed by atoms with van der Waals surface area (Å²) in [5.41, 5.74) is 10.6. The highest BCUT2D eigenvalue weighted by atomic mass is 15.0. The lowest BCUT2D eigenvalue weighted by Gasteiger charge is -2.17. The van der Waals surface area contributed by atoms with Crippen molar-refractivity contribution < 1.29 is 0 Å². The Morgan fingerprint density at radius 3 is 1.28 bits per heavy atom. The lowest BCUT2D eigenvalue weighted by Crippen LogP contribution is -2.10. The van der Waals surface area contributed by atoms with E-state index >= 15 is 0 Å². The van der Waals surface area contributed by atoms with Gasteiger partial charge in [-0.05, 0) is 73.2 Å². The van der Waals surface area contributed by atoms with Gasteiger partial charge in [0.1, 0.15) is 12.7 Å². The molecule has 0 spiro atoms. The van der Waals surface area contributed by atoms with E-state index in [4.69, 9.17) is 19.9 Å². The van der Waals surface area contributed by atoms with E-state index in [9.17, 15) is 0 Å². The highest BCUT2D eigenvalue weighted by Gasteiger charge is 2.18. The molecule has 6 nitrogen and oxygen atoms in total. The maximum absolute atomic E-state index is 4.75. The molecule has 8 aromatic rings. The molecule has 6 heteroatoms. The van der Waals surface area contributed by atoms with Crippen LogP contribution < -0.4 is 0 Å². The predicted molar refractivity (Wildman–Crippen MR) is 227 cm³/mol. The molecule has 0 amide bonds. The molecular weight excluding hydrogens is 661 g/mol. The Balaban J connectivity index is 1.12. The molecule has 2 atom stereocenters. The Labute approximate surface area is 319 Å². The maximum Gasteiger partial charge on any atom is 0.116 e. The molecule has 2 unspecified atom stereocenters. The third kappa shape index (κ3) is 6.90. The molecular formula is C48H52N6. The van der Waals surface area contributed by atoms with Crippen LogP contribution in [0.5, 0.6) is 0 Å². The van der Waals surface area contributed by atoms with Crippen LogP contribution in [0.15, 0.2) is 110 Å². The van der Waals surface area contributed by atoms with Gasteiger partial charge in [-0.25, -0.2) is 19.9 Å². The van der Waals surface area contributed by atoms with Crippen LogP contribution in [0.25, 0.3) is 77.5 Å². The molecule has 4 aromatic heterocycles. The molecule has 0 saturated carbocycles. The van der Waals surface area contributed by atoms with E-state index in [0.29, 0.717) is 11.8 Å². The van der Waals surface area contributed by atoms with Gasteiger partial charge in [-0.2, -0.15) is 0 Å². The van der Waals surface area contributed by atoms with Crippen molar-refractivity contribution in [2.24, 2.45) is 11.8 Å². The number of fused-ring (bicyclic) bond motifs is 6. The molecule has 0 aliphatic heterocycles. The summed E-state index contributed by atoms with van der Waals surface area (Å²) in [5.74, 6) is 1.34. The average Bonchev–Trinajstić information content (AvgIpc) is 3.72. The number of nitrogens with zero attached hydrogens (tertiary/aromatic N) is 6. The van der Waals surface area contributed by atoms with E-state index in [-0.39, 0.29) is 0 Å². The van der Waals surface area contributed by atoms with Crippen molar-refractivity contribution >= 4 is 43.6 Å². The molecule has 0 saturated heterocycles. The summed E-state index contributed by atoms with van der Waals surface area (Å²) in [6.45, 7) is 11.3. The number of aromatic nitrogens is 6. The minimum atomic E-state index is 0.669. The topological polar surface area (TPSA) is 61.4 Å². The van der Waals surface area contributed by atoms with E-state index in [1.807, 2.05) is 0 Å². The molecule has 0 N–H and O–H groups in total. The third-order valence-corrected chi connectivity index (χ3v) is 11.7. The number of hydrogen-bond acceptors (Lipinski definition) is 4. The molecule has 4 aromatic carbocycles. The molecule has 54 heavy (non-hydrogen) atoms. The minimum absolute atomic E-state index is 0.669. The Morgan fingerprint density at radius 2 is 0.852 bits per heavy atom. The second kappa shape index (κ2) is 15.9. The highest BCUT2D eigenvalue weighted by molar-refractivity contribution is 6.10. The zero-order valence-electron chi connectivity index (χ0n) is 32.3. The third-order valence-electron chi connectivity index (χ3n) is 11.7. The largest absolute Gasteiger partial charge is 0.340 e. The first-order valence-electron chi connectivity index (χ1n) is 20.3. The first kappa shape index (κ1) is 35.7. The van der Waals surface area contributed by atoms with Crippen molar-refractivity contribution in [1.29, 1.82) is 0 Å². The normalized spacial score (nSPS) is 13.0. The monoisotopic (exact) mass is 712 g/mol. The molecule has 0 aliphatic carbocycles. The van der Waals surface area contributed by atoms with Crippen molar-refractivity contribution in [3.05, 3.63) is 110 Å². The van der Waals surface area contributed by atoms with Gasteiger partial charge in [-0.1, -0.05) is 115 Å². The fourth-order valence-electron chi connectivity index (χ4n) is 8.48. The van der Waals surface area contributed by atoms with Gasteiger partial charge in [0, 0.05) is 67.8 Å². The van der Waals surface area contributed by atoms with Crippen molar-refractivity contribution in [2.45, 2.75) is 92.2 Å². The Hall–Kier alpha value is -5.36. The standard InChI is InChI=1S/C48H52N6/c1-5-9-15-33(7-3)29-53-45-19-13-11-17-37(45)39-25-35(21-23-47(39)53)41-27-43(51-31-49-41)44-28-42(50-32-52-44)36-22-24-48-40(26-36)38-18-12-14-20-46(38)54(48)30-34(8-4)16-10-6-2/h11-14,17-28,31-34H,5-10,15-16,29-30H2,1-4H3. The molecule has 0 fully saturated rings. The summed E-state index contributed by atoms with van der Waals surface area (Å²) in [6.07, 6.45) is 13.3. The van der Waals surface area contributed by atoms with Crippen LogP contribution >= 0.6 is 0 Å². The summed E-state index contributed by atoms with van der Waals surface area (Å²) in [6, 6.07) is 35.4. The second-order valence-electron chi connectivity index (χ2n) is 15.1. The van der Waals surface area contributed by atoms with E-state index in [1.54, 1.807) is 12.7 Å². The molecule has 0 radical (unpaired) electrons. The summed E-state index contributed by atoms with van der Waals surface area (Å²) >= 11 is 0. The first-order chi connectivity index (χ1) is 26.6. The number of hydrogen-bond donors (Lipinski definition) is 0. The minimum Gasteiger partial charge on any atom is -0.340 e. The first-order valence-corrected chi connectivity index (χ1v) is 20.3. The maximum atomic E-state index is 4.75. The SMILES string of the molecule is CCCCC(CC)Cn1c2ccccc2c2cc(-c3cc(-c4cc(-c5ccc6c(c5)c5ccccc5n6CC(CC)CCCC)ncn4)ncn3)ccc21. The van der Waals surface area contributed by atoms with Crippen LogP contribution in [-0.2, 0) is 13.1 Å². The van der Waals surface area contributed by atoms with E-state index in [1.165, 1.54) is 95.0 Å². The van der Waals surface area contributed by atoms with E-state index in [0.717, 1.165) is 47.0 Å². The van der Waals surface area contributed by atoms with Crippen molar-refractivity contribution in [3.8, 4) is 33.9 Å². The summed E-state index contributed by atoms with van der Waals surface area (Å²) in [4.78, 5) is 18.9. The van der Waals surface area contributed by atoms with Crippen molar-refractivity contribution in [1.82, 2.24) is 29.1 Å². The predicted octanol–water partition coefficient (Wildman–Crippen LogP) is 12.9. The Bertz CT molecular complexity index is 2360. The second-order valence-corrected chi connectivity index (χ2v) is 15.1. The Morgan fingerprint density at radius 1 is 0.444 bits per heavy atom. The van der Waals surface area contributed by atoms with Crippen molar-refractivity contribution in [3.63, 3.8) is 0 Å². The summed E-state index contributed by atoms with van der Waals surface area (Å²) in [7, 11) is 0. The Kier molecular flexibility index (Phi) is 10.5. The molecule has 0 aliphatic rings. The van der Waals surface area contributed by atoms with Crippen LogP contribution in [-0.4, -0.2) is 29.1 Å². The molecule has 8 rings (SSSR count). The number of para-hydroxylation sites is 2. The van der Waals surface area contributed by atoms with Gasteiger partial charge in [-0.15, -0.1) is 0 Å². The molecule has 0 bridgehead atoms. The van der Waals surface area contributed by atoms with Gasteiger partial charge < -0.3 is 9.13 Å². The van der Waals surface area contributed by atoms with Gasteiger partial charge >= 0.3 is 0 Å². The van der Waals surface area contributed by atoms with Crippen LogP contribution in [0.3, 0.4) is 0 Å². The van der Waals surface area contributed by atoms with E-state index < -0.39 is 0 Å². The smallest absolute Gasteiger partial charge is 0.116 e.